The molecule has 552 valence electrons. The molecule has 3 saturated heterocycles. The van der Waals surface area contributed by atoms with Gasteiger partial charge in [-0.25, -0.2) is 4.39 Å². The van der Waals surface area contributed by atoms with E-state index in [2.05, 4.69) is 71.9 Å². The second-order valence-electron chi connectivity index (χ2n) is 29.5. The molecule has 0 saturated carbocycles. The number of likely N-dealkylation sites (tertiary alicyclic amines) is 3. The third-order valence-electron chi connectivity index (χ3n) is 20.7. The highest BCUT2D eigenvalue weighted by Crippen LogP contribution is 2.47. The van der Waals surface area contributed by atoms with Crippen molar-refractivity contribution in [2.45, 2.75) is 101 Å². The number of hydrogen-bond acceptors (Lipinski definition) is 15. The number of nitrogens with zero attached hydrogens (tertiary/aromatic N) is 3. The first-order valence-electron chi connectivity index (χ1n) is 36.9. The molecule has 3 aliphatic heterocycles. The number of benzene rings is 9. The van der Waals surface area contributed by atoms with Gasteiger partial charge >= 0.3 is 0 Å². The average Bonchev–Trinajstić information content (AvgIpc) is 1.64. The lowest BCUT2D eigenvalue weighted by Crippen LogP contribution is -2.22. The van der Waals surface area contributed by atoms with Crippen LogP contribution < -0.4 is 14.2 Å². The maximum absolute atomic E-state index is 13.8. The fraction of sp³-hybridized carbons (Fsp3) is 0.300. The van der Waals surface area contributed by atoms with Crippen molar-refractivity contribution in [2.75, 3.05) is 58.9 Å². The van der Waals surface area contributed by atoms with Crippen LogP contribution in [0.5, 0.6) is 51.7 Å². The molecule has 0 aliphatic carbocycles. The van der Waals surface area contributed by atoms with E-state index in [4.69, 9.17) is 25.8 Å². The molecular weight excluding hydrogens is 1420 g/mol. The van der Waals surface area contributed by atoms with E-state index in [-0.39, 0.29) is 40.4 Å². The van der Waals surface area contributed by atoms with Gasteiger partial charge in [-0.05, 0) is 283 Å². The van der Waals surface area contributed by atoms with Gasteiger partial charge in [0.2, 0.25) is 17.3 Å². The number of phenolic OH excluding ortho intramolecular Hbond substituents is 3. The van der Waals surface area contributed by atoms with Crippen molar-refractivity contribution in [1.82, 2.24) is 14.7 Å². The molecule has 0 radical (unpaired) electrons. The molecule has 3 aliphatic rings. The van der Waals surface area contributed by atoms with Crippen LogP contribution in [-0.2, 0) is 19.3 Å². The highest BCUT2D eigenvalue weighted by Gasteiger charge is 2.29. The molecule has 3 fully saturated rings. The van der Waals surface area contributed by atoms with E-state index in [1.807, 2.05) is 101 Å². The molecule has 15 rings (SSSR count). The quantitative estimate of drug-likeness (QED) is 0.0588. The van der Waals surface area contributed by atoms with Crippen LogP contribution in [0.1, 0.15) is 136 Å². The maximum Gasteiger partial charge on any atom is 0.207 e. The monoisotopic (exact) mass is 1510 g/mol. The van der Waals surface area contributed by atoms with Gasteiger partial charge in [0.1, 0.15) is 54.9 Å². The molecule has 12 aromatic rings. The summed E-state index contributed by atoms with van der Waals surface area (Å²) in [6.07, 6.45) is 6.87. The van der Waals surface area contributed by atoms with Gasteiger partial charge in [-0.3, -0.25) is 14.4 Å². The summed E-state index contributed by atoms with van der Waals surface area (Å²) in [6, 6.07) is 51.5. The number of carbonyl (C=O) groups is 3. The minimum absolute atomic E-state index is 0.0443. The summed E-state index contributed by atoms with van der Waals surface area (Å²) in [5, 5.41) is 33.0. The van der Waals surface area contributed by atoms with Gasteiger partial charge in [0.05, 0.1) is 0 Å². The lowest BCUT2D eigenvalue weighted by molar-refractivity contribution is 0.103. The number of thiophene rings is 3. The average molecular weight is 1510 g/mol. The largest absolute Gasteiger partial charge is 0.508 e. The van der Waals surface area contributed by atoms with Gasteiger partial charge in [0.25, 0.3) is 0 Å². The van der Waals surface area contributed by atoms with Crippen molar-refractivity contribution in [1.29, 1.82) is 0 Å². The van der Waals surface area contributed by atoms with E-state index in [1.54, 1.807) is 55.5 Å². The molecule has 17 heteroatoms. The van der Waals surface area contributed by atoms with Crippen molar-refractivity contribution in [3.8, 4) is 51.7 Å². The molecule has 0 spiro atoms. The first-order chi connectivity index (χ1) is 51.4. The second-order valence-corrected chi connectivity index (χ2v) is 33.1. The third-order valence-corrected chi connectivity index (χ3v) is 24.3. The number of fused-ring (bicyclic) bond motifs is 3. The maximum atomic E-state index is 13.8. The number of ether oxygens (including phenoxy) is 3. The van der Waals surface area contributed by atoms with Crippen molar-refractivity contribution in [2.24, 2.45) is 17.8 Å². The van der Waals surface area contributed by atoms with Crippen molar-refractivity contribution >= 4 is 93.2 Å². The number of carbonyl (C=O) groups excluding carboxylic acids is 3. The molecule has 12 nitrogen and oxygen atoms in total. The number of aryl methyl sites for hydroxylation is 6. The summed E-state index contributed by atoms with van der Waals surface area (Å²) in [4.78, 5) is 50.1. The van der Waals surface area contributed by atoms with Crippen LogP contribution in [0.25, 0.3) is 30.3 Å². The summed E-state index contributed by atoms with van der Waals surface area (Å²) in [6.45, 7) is 28.8. The summed E-state index contributed by atoms with van der Waals surface area (Å²) >= 11 is 10.2. The molecule has 3 N–H and O–H groups in total. The highest BCUT2D eigenvalue weighted by molar-refractivity contribution is 7.22. The Morgan fingerprint density at radius 1 is 0.421 bits per heavy atom. The Morgan fingerprint density at radius 2 is 0.748 bits per heavy atom. The van der Waals surface area contributed by atoms with Gasteiger partial charge in [-0.15, -0.1) is 34.0 Å². The predicted molar refractivity (Wildman–Crippen MR) is 435 cm³/mol. The van der Waals surface area contributed by atoms with E-state index in [0.717, 1.165) is 115 Å². The van der Waals surface area contributed by atoms with Gasteiger partial charge in [-0.2, -0.15) is 0 Å². The number of phenols is 3. The van der Waals surface area contributed by atoms with Crippen molar-refractivity contribution in [3.63, 3.8) is 0 Å². The number of halogens is 2. The molecule has 9 aromatic carbocycles. The predicted octanol–water partition coefficient (Wildman–Crippen LogP) is 22.2. The zero-order valence-corrected chi connectivity index (χ0v) is 65.3. The molecule has 0 bridgehead atoms. The third kappa shape index (κ3) is 18.2. The summed E-state index contributed by atoms with van der Waals surface area (Å²) in [7, 11) is 0. The molecule has 3 atom stereocenters. The number of aromatic hydroxyl groups is 3. The molecule has 107 heavy (non-hydrogen) atoms. The fourth-order valence-electron chi connectivity index (χ4n) is 15.1. The van der Waals surface area contributed by atoms with Crippen LogP contribution in [-0.4, -0.2) is 106 Å². The summed E-state index contributed by atoms with van der Waals surface area (Å²) in [5.41, 5.74) is 10.8. The van der Waals surface area contributed by atoms with E-state index in [9.17, 15) is 34.1 Å². The normalized spacial score (nSPS) is 16.1. The molecule has 0 amide bonds. The van der Waals surface area contributed by atoms with Crippen LogP contribution in [0.15, 0.2) is 170 Å². The van der Waals surface area contributed by atoms with E-state index in [0.29, 0.717) is 76.4 Å². The zero-order chi connectivity index (χ0) is 75.3. The highest BCUT2D eigenvalue weighted by atomic mass is 35.5. The minimum Gasteiger partial charge on any atom is -0.508 e. The second kappa shape index (κ2) is 33.5. The smallest absolute Gasteiger partial charge is 0.207 e. The minimum atomic E-state index is -0.379. The summed E-state index contributed by atoms with van der Waals surface area (Å²) in [5.74, 6) is 5.63. The van der Waals surface area contributed by atoms with Crippen molar-refractivity contribution < 1.29 is 48.3 Å². The van der Waals surface area contributed by atoms with E-state index < -0.39 is 0 Å². The van der Waals surface area contributed by atoms with Crippen molar-refractivity contribution in [3.05, 3.63) is 262 Å². The molecular formula is C90H91ClFN3O9S3. The summed E-state index contributed by atoms with van der Waals surface area (Å²) < 4.78 is 35.0. The van der Waals surface area contributed by atoms with Gasteiger partial charge < -0.3 is 44.2 Å². The Morgan fingerprint density at radius 3 is 1.07 bits per heavy atom. The van der Waals surface area contributed by atoms with Gasteiger partial charge in [0.15, 0.2) is 17.2 Å². The molecule has 0 unspecified atom stereocenters. The number of hydrogen-bond donors (Lipinski definition) is 3. The zero-order valence-electron chi connectivity index (χ0n) is 62.1. The lowest BCUT2D eigenvalue weighted by Gasteiger charge is -2.15. The van der Waals surface area contributed by atoms with Crippen LogP contribution >= 0.6 is 45.6 Å². The van der Waals surface area contributed by atoms with Crippen LogP contribution in [0.4, 0.5) is 4.39 Å². The van der Waals surface area contributed by atoms with E-state index >= 15 is 0 Å². The standard InChI is InChI=1S/C31H33NO3S.C30H30ClNO3S.C29H28FNO3S/c1-19-11-13-32(18-19)14-12-23-5-8-25(9-6-23)35-30-26-10-7-24(33)17-27(26)36-31(30)29(34)28-21(3)15-20(2)16-22(28)4;1-18-10-12-32(17-18)13-11-21-4-7-24(8-5-21)35-29-25-9-6-23(33)16-26(25)36-30(29)28(34)27-19(2)14-22(31)15-20(27)3;1-18-11-13-31(17-18)14-12-20-3-7-23(8-4-20)34-28-25-10-6-22(32)16-26(25)35-29(28)27(33)24-9-5-21(30)15-19(24)2/h5-10,15-17,19,33H,11-14,18H2,1-4H3;4-9,14-16,18,33H,10-13,17H2,1-3H3;3-10,15-16,18,32H,11-14,17H2,1-2H3/t19-;2*18-/m111/s1. The number of rotatable bonds is 21. The first kappa shape index (κ1) is 76.0. The molecule has 6 heterocycles. The number of ketones is 3. The van der Waals surface area contributed by atoms with Crippen LogP contribution in [0.2, 0.25) is 5.02 Å². The topological polar surface area (TPSA) is 149 Å². The first-order valence-corrected chi connectivity index (χ1v) is 39.8. The Hall–Kier alpha value is -9.23. The van der Waals surface area contributed by atoms with Crippen LogP contribution in [0, 0.1) is 65.1 Å². The fourth-order valence-corrected chi connectivity index (χ4v) is 18.7. The van der Waals surface area contributed by atoms with Gasteiger partial charge in [-0.1, -0.05) is 86.5 Å². The Kier molecular flexibility index (Phi) is 23.8. The SMILES string of the molecule is Cc1cc(C)c(C(=O)c2sc3cc(O)ccc3c2Oc2ccc(CCN3CC[C@@H](C)C3)cc2)c(C)c1.Cc1cc(Cl)cc(C)c1C(=O)c1sc2cc(O)ccc2c1Oc1ccc(CCN2CC[C@@H](C)C2)cc1.Cc1cc(F)ccc1C(=O)c1sc2cc(O)ccc2c1Oc1ccc(CCN2CC[C@@H](C)C2)cc1. The van der Waals surface area contributed by atoms with Crippen LogP contribution in [0.3, 0.4) is 0 Å². The Bertz CT molecular complexity index is 5000. The Labute approximate surface area is 643 Å². The van der Waals surface area contributed by atoms with E-state index in [1.165, 1.54) is 127 Å². The molecule has 3 aromatic heterocycles. The lowest BCUT2D eigenvalue weighted by atomic mass is 9.95. The Balaban J connectivity index is 0.000000142. The van der Waals surface area contributed by atoms with Gasteiger partial charge in [0, 0.05) is 91.2 Å².